The number of fused-ring (bicyclic) bond motifs is 2. The predicted molar refractivity (Wildman–Crippen MR) is 116 cm³/mol. The van der Waals surface area contributed by atoms with Gasteiger partial charge >= 0.3 is 6.09 Å². The quantitative estimate of drug-likeness (QED) is 0.654. The van der Waals surface area contributed by atoms with Crippen molar-refractivity contribution in [2.45, 2.75) is 58.2 Å². The van der Waals surface area contributed by atoms with Crippen molar-refractivity contribution in [1.82, 2.24) is 4.90 Å². The number of amides is 1. The van der Waals surface area contributed by atoms with Gasteiger partial charge in [0.15, 0.2) is 0 Å². The molecule has 0 bridgehead atoms. The molecule has 0 saturated carbocycles. The van der Waals surface area contributed by atoms with Gasteiger partial charge in [-0.05, 0) is 79.6 Å². The smallest absolute Gasteiger partial charge is 0.410 e. The van der Waals surface area contributed by atoms with Crippen LogP contribution in [0, 0.1) is 0 Å². The first kappa shape index (κ1) is 20.8. The normalized spacial score (nSPS) is 21.9. The molecule has 0 N–H and O–H groups in total. The minimum Gasteiger partial charge on any atom is -0.490 e. The lowest BCUT2D eigenvalue weighted by molar-refractivity contribution is 0.0258. The van der Waals surface area contributed by atoms with E-state index in [0.29, 0.717) is 25.8 Å². The predicted octanol–water partition coefficient (Wildman–Crippen LogP) is 4.16. The Hall–Kier alpha value is -1.47. The number of carbonyl (C=O) groups is 1. The van der Waals surface area contributed by atoms with Gasteiger partial charge < -0.3 is 24.0 Å². The van der Waals surface area contributed by atoms with Gasteiger partial charge in [0.2, 0.25) is 0 Å². The van der Waals surface area contributed by atoms with Gasteiger partial charge in [-0.25, -0.2) is 4.79 Å². The first-order valence-electron chi connectivity index (χ1n) is 10.6. The summed E-state index contributed by atoms with van der Waals surface area (Å²) in [6, 6.07) is 2.18. The maximum atomic E-state index is 12.5. The molecule has 1 aromatic carbocycles. The van der Waals surface area contributed by atoms with Crippen LogP contribution >= 0.6 is 15.9 Å². The first-order valence-corrected chi connectivity index (χ1v) is 11.4. The number of benzene rings is 1. The Bertz CT molecular complexity index is 771. The van der Waals surface area contributed by atoms with E-state index < -0.39 is 5.60 Å². The number of carbonyl (C=O) groups excluding carboxylic acids is 1. The van der Waals surface area contributed by atoms with Crippen LogP contribution in [0.2, 0.25) is 0 Å². The molecule has 1 fully saturated rings. The van der Waals surface area contributed by atoms with Gasteiger partial charge in [0.25, 0.3) is 0 Å². The maximum absolute atomic E-state index is 12.5. The van der Waals surface area contributed by atoms with Crippen molar-refractivity contribution >= 4 is 27.7 Å². The highest BCUT2D eigenvalue weighted by Gasteiger charge is 2.30. The Balaban J connectivity index is 1.55. The van der Waals surface area contributed by atoms with Crippen molar-refractivity contribution in [1.29, 1.82) is 0 Å². The zero-order valence-electron chi connectivity index (χ0n) is 17.6. The summed E-state index contributed by atoms with van der Waals surface area (Å²) in [6.07, 6.45) is 3.94. The molecule has 7 heteroatoms. The second-order valence-corrected chi connectivity index (χ2v) is 9.86. The Kier molecular flexibility index (Phi) is 5.98. The van der Waals surface area contributed by atoms with E-state index >= 15 is 0 Å². The second-order valence-electron chi connectivity index (χ2n) is 9.07. The summed E-state index contributed by atoms with van der Waals surface area (Å²) in [5.41, 5.74) is 3.18. The zero-order chi connectivity index (χ0) is 20.6. The van der Waals surface area contributed by atoms with Crippen molar-refractivity contribution < 1.29 is 19.0 Å². The van der Waals surface area contributed by atoms with E-state index in [0.717, 1.165) is 61.3 Å². The van der Waals surface area contributed by atoms with E-state index in [4.69, 9.17) is 14.2 Å². The molecule has 0 aliphatic carbocycles. The average molecular weight is 467 g/mol. The molecule has 3 heterocycles. The largest absolute Gasteiger partial charge is 0.490 e. The topological polar surface area (TPSA) is 51.2 Å². The molecule has 1 atom stereocenters. The number of ether oxygens (including phenoxy) is 3. The fraction of sp³-hybridized carbons (Fsp3) is 0.682. The summed E-state index contributed by atoms with van der Waals surface area (Å²) in [6.45, 7) is 10.4. The molecule has 0 unspecified atom stereocenters. The van der Waals surface area contributed by atoms with Crippen molar-refractivity contribution in [2.24, 2.45) is 0 Å². The minimum absolute atomic E-state index is 0.234. The van der Waals surface area contributed by atoms with Crippen LogP contribution in [0.3, 0.4) is 0 Å². The molecule has 3 aliphatic heterocycles. The number of nitrogens with zero attached hydrogens (tertiary/aromatic N) is 2. The summed E-state index contributed by atoms with van der Waals surface area (Å²) in [5, 5.41) is 0. The van der Waals surface area contributed by atoms with Crippen molar-refractivity contribution in [3.8, 4) is 5.75 Å². The molecule has 6 nitrogen and oxygen atoms in total. The van der Waals surface area contributed by atoms with Crippen LogP contribution in [0.1, 0.15) is 44.7 Å². The number of hydrogen-bond donors (Lipinski definition) is 0. The van der Waals surface area contributed by atoms with Gasteiger partial charge in [-0.15, -0.1) is 0 Å². The molecular weight excluding hydrogens is 436 g/mol. The summed E-state index contributed by atoms with van der Waals surface area (Å²) < 4.78 is 18.6. The number of rotatable bonds is 2. The molecule has 0 aromatic heterocycles. The van der Waals surface area contributed by atoms with E-state index in [2.05, 4.69) is 26.9 Å². The second kappa shape index (κ2) is 8.34. The average Bonchev–Trinajstić information content (AvgIpc) is 3.05. The highest BCUT2D eigenvalue weighted by molar-refractivity contribution is 9.10. The van der Waals surface area contributed by atoms with Gasteiger partial charge in [0, 0.05) is 30.7 Å². The summed E-state index contributed by atoms with van der Waals surface area (Å²) in [5.74, 6) is 0.936. The molecule has 0 radical (unpaired) electrons. The molecule has 0 spiro atoms. The van der Waals surface area contributed by atoms with E-state index in [1.807, 2.05) is 25.7 Å². The first-order chi connectivity index (χ1) is 13.8. The molecule has 160 valence electrons. The van der Waals surface area contributed by atoms with Gasteiger partial charge in [-0.3, -0.25) is 0 Å². The Morgan fingerprint density at radius 2 is 2.03 bits per heavy atom. The Labute approximate surface area is 181 Å². The molecular formula is C22H31BrN2O4. The number of hydrogen-bond acceptors (Lipinski definition) is 5. The molecule has 4 rings (SSSR count). The number of halogens is 1. The highest BCUT2D eigenvalue weighted by atomic mass is 79.9. The van der Waals surface area contributed by atoms with E-state index in [1.165, 1.54) is 11.1 Å². The summed E-state index contributed by atoms with van der Waals surface area (Å²) in [7, 11) is 0. The zero-order valence-corrected chi connectivity index (χ0v) is 19.2. The maximum Gasteiger partial charge on any atom is 0.410 e. The lowest BCUT2D eigenvalue weighted by Gasteiger charge is -2.35. The Morgan fingerprint density at radius 3 is 2.76 bits per heavy atom. The third kappa shape index (κ3) is 4.66. The van der Waals surface area contributed by atoms with Gasteiger partial charge in [0.05, 0.1) is 18.3 Å². The lowest BCUT2D eigenvalue weighted by Crippen LogP contribution is -2.38. The van der Waals surface area contributed by atoms with E-state index in [-0.39, 0.29) is 6.09 Å². The van der Waals surface area contributed by atoms with Gasteiger partial charge in [0.1, 0.15) is 18.0 Å². The molecule has 1 saturated heterocycles. The van der Waals surface area contributed by atoms with Gasteiger partial charge in [-0.2, -0.15) is 0 Å². The third-order valence-corrected chi connectivity index (χ3v) is 6.57. The van der Waals surface area contributed by atoms with Crippen LogP contribution in [0.4, 0.5) is 10.5 Å². The van der Waals surface area contributed by atoms with Crippen LogP contribution in [-0.4, -0.2) is 62.1 Å². The standard InChI is InChI=1S/C22H31BrN2O4/c1-22(2,3)29-21(26)24-8-6-15-13-18-20(19(23)17(15)7-9-24)25(10-12-28-18)14-16-5-4-11-27-16/h13,16H,4-12,14H2,1-3H3/t16-/m0/s1. The minimum atomic E-state index is -0.480. The van der Waals surface area contributed by atoms with Gasteiger partial charge in [-0.1, -0.05) is 0 Å². The Morgan fingerprint density at radius 1 is 1.24 bits per heavy atom. The van der Waals surface area contributed by atoms with Crippen molar-refractivity contribution in [3.63, 3.8) is 0 Å². The van der Waals surface area contributed by atoms with Crippen molar-refractivity contribution in [3.05, 3.63) is 21.7 Å². The fourth-order valence-electron chi connectivity index (χ4n) is 4.32. The third-order valence-electron chi connectivity index (χ3n) is 5.72. The van der Waals surface area contributed by atoms with Crippen LogP contribution < -0.4 is 9.64 Å². The van der Waals surface area contributed by atoms with E-state index in [9.17, 15) is 4.79 Å². The van der Waals surface area contributed by atoms with E-state index in [1.54, 1.807) is 0 Å². The fourth-order valence-corrected chi connectivity index (χ4v) is 5.22. The number of anilines is 1. The van der Waals surface area contributed by atoms with Crippen LogP contribution in [0.25, 0.3) is 0 Å². The molecule has 29 heavy (non-hydrogen) atoms. The molecule has 1 amide bonds. The van der Waals surface area contributed by atoms with Crippen LogP contribution in [-0.2, 0) is 22.3 Å². The summed E-state index contributed by atoms with van der Waals surface area (Å²) >= 11 is 3.89. The monoisotopic (exact) mass is 466 g/mol. The summed E-state index contributed by atoms with van der Waals surface area (Å²) in [4.78, 5) is 16.8. The highest BCUT2D eigenvalue weighted by Crippen LogP contribution is 2.43. The SMILES string of the molecule is CC(C)(C)OC(=O)N1CCc2cc3c(c(Br)c2CC1)N(C[C@@H]1CCCO1)CCO3. The van der Waals surface area contributed by atoms with Crippen LogP contribution in [0.15, 0.2) is 10.5 Å². The molecule has 3 aliphatic rings. The molecule has 1 aromatic rings. The lowest BCUT2D eigenvalue weighted by atomic mass is 10.00. The van der Waals surface area contributed by atoms with Crippen molar-refractivity contribution in [2.75, 3.05) is 44.3 Å². The van der Waals surface area contributed by atoms with Crippen LogP contribution in [0.5, 0.6) is 5.75 Å².